The molecule has 1 N–H and O–H groups in total. The Labute approximate surface area is 121 Å². The quantitative estimate of drug-likeness (QED) is 0.522. The highest BCUT2D eigenvalue weighted by atomic mass is 16.5. The number of carbonyl (C=O) groups is 2. The summed E-state index contributed by atoms with van der Waals surface area (Å²) in [5.74, 6) is -0.00800. The van der Waals surface area contributed by atoms with Crippen LogP contribution < -0.4 is 0 Å². The van der Waals surface area contributed by atoms with Crippen LogP contribution in [-0.4, -0.2) is 29.6 Å². The van der Waals surface area contributed by atoms with Gasteiger partial charge in [-0.05, 0) is 44.3 Å². The second kappa shape index (κ2) is 8.90. The minimum atomic E-state index is -0.578. The largest absolute Gasteiger partial charge is 0.466 e. The average Bonchev–Trinajstić information content (AvgIpc) is 2.72. The Morgan fingerprint density at radius 2 is 2.15 bits per heavy atom. The predicted octanol–water partition coefficient (Wildman–Crippen LogP) is 2.79. The van der Waals surface area contributed by atoms with Gasteiger partial charge in [0.2, 0.25) is 0 Å². The molecule has 4 heteroatoms. The van der Waals surface area contributed by atoms with E-state index in [4.69, 9.17) is 4.74 Å². The van der Waals surface area contributed by atoms with Gasteiger partial charge in [0.25, 0.3) is 0 Å². The number of aliphatic hydroxyl groups excluding tert-OH is 1. The van der Waals surface area contributed by atoms with Crippen molar-refractivity contribution in [3.63, 3.8) is 0 Å². The molecule has 1 rings (SSSR count). The van der Waals surface area contributed by atoms with Crippen molar-refractivity contribution < 1.29 is 19.4 Å². The number of ketones is 1. The van der Waals surface area contributed by atoms with Crippen LogP contribution in [0, 0.1) is 5.92 Å². The first-order valence-electron chi connectivity index (χ1n) is 7.67. The molecular weight excluding hydrogens is 256 g/mol. The Hall–Kier alpha value is -1.16. The van der Waals surface area contributed by atoms with Gasteiger partial charge in [-0.15, -0.1) is 0 Å². The van der Waals surface area contributed by atoms with Crippen molar-refractivity contribution in [3.8, 4) is 0 Å². The lowest BCUT2D eigenvalue weighted by molar-refractivity contribution is -0.148. The fourth-order valence-electron chi connectivity index (χ4n) is 2.56. The summed E-state index contributed by atoms with van der Waals surface area (Å²) < 4.78 is 5.04. The summed E-state index contributed by atoms with van der Waals surface area (Å²) in [6.07, 6.45) is 6.66. The van der Waals surface area contributed by atoms with Crippen LogP contribution in [0.25, 0.3) is 0 Å². The Morgan fingerprint density at radius 3 is 2.70 bits per heavy atom. The molecule has 0 saturated carbocycles. The molecule has 0 aromatic rings. The summed E-state index contributed by atoms with van der Waals surface area (Å²) in [6.45, 7) is 4.27. The first-order valence-corrected chi connectivity index (χ1v) is 7.67. The van der Waals surface area contributed by atoms with Crippen LogP contribution in [-0.2, 0) is 14.3 Å². The predicted molar refractivity (Wildman–Crippen MR) is 77.2 cm³/mol. The number of Topliss-reactive ketones (excluding diaryl/α,β-unsaturated/α-hetero) is 1. The zero-order valence-electron chi connectivity index (χ0n) is 12.6. The maximum absolute atomic E-state index is 11.6. The number of hydrogen-bond acceptors (Lipinski definition) is 4. The zero-order valence-corrected chi connectivity index (χ0v) is 12.6. The summed E-state index contributed by atoms with van der Waals surface area (Å²) >= 11 is 0. The van der Waals surface area contributed by atoms with Crippen molar-refractivity contribution in [3.05, 3.63) is 11.6 Å². The lowest BCUT2D eigenvalue weighted by atomic mass is 9.97. The van der Waals surface area contributed by atoms with Crippen molar-refractivity contribution in [2.24, 2.45) is 5.92 Å². The van der Waals surface area contributed by atoms with Crippen molar-refractivity contribution in [2.75, 3.05) is 6.61 Å². The van der Waals surface area contributed by atoms with Gasteiger partial charge in [0, 0.05) is 6.42 Å². The fourth-order valence-corrected chi connectivity index (χ4v) is 2.56. The molecule has 0 saturated heterocycles. The topological polar surface area (TPSA) is 63.6 Å². The second-order valence-corrected chi connectivity index (χ2v) is 5.34. The first-order chi connectivity index (χ1) is 9.58. The number of hydrogen-bond donors (Lipinski definition) is 1. The normalized spacial score (nSPS) is 19.9. The molecule has 114 valence electrons. The molecule has 1 aliphatic carbocycles. The highest BCUT2D eigenvalue weighted by Gasteiger charge is 2.21. The molecule has 1 aliphatic rings. The molecule has 20 heavy (non-hydrogen) atoms. The third kappa shape index (κ3) is 5.45. The Balaban J connectivity index is 2.16. The van der Waals surface area contributed by atoms with Crippen LogP contribution in [0.4, 0.5) is 0 Å². The molecule has 0 amide bonds. The van der Waals surface area contributed by atoms with Crippen molar-refractivity contribution in [1.82, 2.24) is 0 Å². The molecule has 0 heterocycles. The lowest BCUT2D eigenvalue weighted by Gasteiger charge is -2.13. The van der Waals surface area contributed by atoms with Crippen LogP contribution in [0.15, 0.2) is 11.6 Å². The van der Waals surface area contributed by atoms with E-state index in [0.717, 1.165) is 44.1 Å². The molecule has 0 aromatic carbocycles. The molecule has 0 aliphatic heterocycles. The summed E-state index contributed by atoms with van der Waals surface area (Å²) in [7, 11) is 0. The van der Waals surface area contributed by atoms with E-state index in [1.54, 1.807) is 6.08 Å². The maximum atomic E-state index is 11.6. The highest BCUT2D eigenvalue weighted by Crippen LogP contribution is 2.22. The van der Waals surface area contributed by atoms with Gasteiger partial charge >= 0.3 is 5.97 Å². The van der Waals surface area contributed by atoms with E-state index in [1.807, 2.05) is 13.8 Å². The SMILES string of the molecule is CCOC(=O)C(CC)CCCCCC1=CC(O)CC1=O. The molecule has 0 aromatic heterocycles. The molecule has 2 atom stereocenters. The van der Waals surface area contributed by atoms with Gasteiger partial charge in [0.15, 0.2) is 5.78 Å². The maximum Gasteiger partial charge on any atom is 0.308 e. The third-order valence-electron chi connectivity index (χ3n) is 3.76. The second-order valence-electron chi connectivity index (χ2n) is 5.34. The van der Waals surface area contributed by atoms with Gasteiger partial charge < -0.3 is 9.84 Å². The molecular formula is C16H26O4. The van der Waals surface area contributed by atoms with Gasteiger partial charge in [0.05, 0.1) is 18.6 Å². The summed E-state index contributed by atoms with van der Waals surface area (Å²) in [5.41, 5.74) is 0.773. The number of rotatable bonds is 9. The summed E-state index contributed by atoms with van der Waals surface area (Å²) in [5, 5.41) is 9.34. The smallest absolute Gasteiger partial charge is 0.308 e. The minimum absolute atomic E-state index is 0.00380. The standard InChI is InChI=1S/C16H26O4/c1-3-12(16(19)20-4-2)8-6-5-7-9-13-10-14(17)11-15(13)18/h10,12,14,17H,3-9,11H2,1-2H3. The van der Waals surface area contributed by atoms with E-state index in [9.17, 15) is 14.7 Å². The Kier molecular flexibility index (Phi) is 7.52. The van der Waals surface area contributed by atoms with E-state index < -0.39 is 6.10 Å². The molecule has 0 spiro atoms. The van der Waals surface area contributed by atoms with Crippen LogP contribution in [0.1, 0.15) is 58.8 Å². The van der Waals surface area contributed by atoms with E-state index in [2.05, 4.69) is 0 Å². The van der Waals surface area contributed by atoms with Gasteiger partial charge in [0.1, 0.15) is 0 Å². The zero-order chi connectivity index (χ0) is 15.0. The monoisotopic (exact) mass is 282 g/mol. The van der Waals surface area contributed by atoms with Gasteiger partial charge in [-0.2, -0.15) is 0 Å². The first kappa shape index (κ1) is 16.9. The molecule has 4 nitrogen and oxygen atoms in total. The summed E-state index contributed by atoms with van der Waals surface area (Å²) in [4.78, 5) is 23.1. The number of esters is 1. The third-order valence-corrected chi connectivity index (χ3v) is 3.76. The minimum Gasteiger partial charge on any atom is -0.466 e. The molecule has 0 fully saturated rings. The molecule has 2 unspecified atom stereocenters. The van der Waals surface area contributed by atoms with E-state index in [0.29, 0.717) is 6.61 Å². The number of aliphatic hydroxyl groups is 1. The Morgan fingerprint density at radius 1 is 1.40 bits per heavy atom. The van der Waals surface area contributed by atoms with E-state index in [1.165, 1.54) is 0 Å². The number of carbonyl (C=O) groups excluding carboxylic acids is 2. The van der Waals surface area contributed by atoms with Crippen molar-refractivity contribution in [2.45, 2.75) is 64.9 Å². The van der Waals surface area contributed by atoms with Gasteiger partial charge in [-0.25, -0.2) is 0 Å². The van der Waals surface area contributed by atoms with Gasteiger partial charge in [-0.3, -0.25) is 9.59 Å². The van der Waals surface area contributed by atoms with Crippen molar-refractivity contribution >= 4 is 11.8 Å². The molecule has 0 radical (unpaired) electrons. The van der Waals surface area contributed by atoms with Crippen LogP contribution in [0.5, 0.6) is 0 Å². The van der Waals surface area contributed by atoms with Crippen molar-refractivity contribution in [1.29, 1.82) is 0 Å². The average molecular weight is 282 g/mol. The van der Waals surface area contributed by atoms with Crippen LogP contribution in [0.3, 0.4) is 0 Å². The number of ether oxygens (including phenoxy) is 1. The van der Waals surface area contributed by atoms with Crippen LogP contribution in [0.2, 0.25) is 0 Å². The number of allylic oxidation sites excluding steroid dienone is 1. The molecule has 0 bridgehead atoms. The lowest BCUT2D eigenvalue weighted by Crippen LogP contribution is -2.17. The van der Waals surface area contributed by atoms with Gasteiger partial charge in [-0.1, -0.05) is 19.8 Å². The highest BCUT2D eigenvalue weighted by molar-refractivity contribution is 5.98. The Bertz CT molecular complexity index is 359. The summed E-state index contributed by atoms with van der Waals surface area (Å²) in [6, 6.07) is 0. The van der Waals surface area contributed by atoms with E-state index in [-0.39, 0.29) is 24.1 Å². The number of unbranched alkanes of at least 4 members (excludes halogenated alkanes) is 2. The van der Waals surface area contributed by atoms with Crippen LogP contribution >= 0.6 is 0 Å². The fraction of sp³-hybridized carbons (Fsp3) is 0.750. The van der Waals surface area contributed by atoms with E-state index >= 15 is 0 Å².